The maximum atomic E-state index is 13.8. The molecule has 1 atom stereocenters. The Kier molecular flexibility index (Phi) is 8.41. The highest BCUT2D eigenvalue weighted by Gasteiger charge is 2.33. The molecule has 0 aromatic heterocycles. The van der Waals surface area contributed by atoms with Crippen LogP contribution in [0.4, 0.5) is 13.2 Å². The first kappa shape index (κ1) is 27.2. The highest BCUT2D eigenvalue weighted by Crippen LogP contribution is 2.35. The second-order valence-electron chi connectivity index (χ2n) is 9.75. The summed E-state index contributed by atoms with van der Waals surface area (Å²) >= 11 is 0. The van der Waals surface area contributed by atoms with Crippen molar-refractivity contribution in [3.63, 3.8) is 0 Å². The lowest BCUT2D eigenvalue weighted by molar-refractivity contribution is -0.153. The fourth-order valence-corrected chi connectivity index (χ4v) is 3.92. The number of benzene rings is 3. The summed E-state index contributed by atoms with van der Waals surface area (Å²) in [4.78, 5) is 12.0. The molecule has 0 aliphatic carbocycles. The topological polar surface area (TPSA) is 38.3 Å². The van der Waals surface area contributed by atoms with Crippen LogP contribution in [0.15, 0.2) is 66.7 Å². The standard InChI is InChI=1S/C30H32F3NO2/c1-20-22(12-9-13-26(20)23-10-7-6-8-11-23)14-15-25-18-24(16-17-27(25)30(31,32)33)21(2)34-19-28(35)36-29(3,4)5/h6-18,21,34H,19H2,1-5H3/b15-14+. The van der Waals surface area contributed by atoms with Crippen LogP contribution in [0.5, 0.6) is 0 Å². The number of carbonyl (C=O) groups is 1. The van der Waals surface area contributed by atoms with Crippen molar-refractivity contribution < 1.29 is 22.7 Å². The van der Waals surface area contributed by atoms with E-state index in [0.29, 0.717) is 5.56 Å². The van der Waals surface area contributed by atoms with E-state index < -0.39 is 23.3 Å². The van der Waals surface area contributed by atoms with E-state index in [1.807, 2.05) is 55.5 Å². The number of halogens is 3. The molecule has 1 N–H and O–H groups in total. The van der Waals surface area contributed by atoms with Crippen LogP contribution < -0.4 is 5.32 Å². The van der Waals surface area contributed by atoms with Crippen molar-refractivity contribution >= 4 is 18.1 Å². The average molecular weight is 496 g/mol. The molecule has 0 saturated heterocycles. The first-order chi connectivity index (χ1) is 16.8. The van der Waals surface area contributed by atoms with Gasteiger partial charge in [0.2, 0.25) is 0 Å². The monoisotopic (exact) mass is 495 g/mol. The third kappa shape index (κ3) is 7.31. The first-order valence-electron chi connectivity index (χ1n) is 11.8. The zero-order valence-corrected chi connectivity index (χ0v) is 21.2. The third-order valence-corrected chi connectivity index (χ3v) is 5.76. The minimum absolute atomic E-state index is 0.0455. The molecule has 0 aliphatic heterocycles. The normalized spacial score (nSPS) is 13.1. The number of hydrogen-bond donors (Lipinski definition) is 1. The van der Waals surface area contributed by atoms with Crippen LogP contribution in [0.1, 0.15) is 61.6 Å². The molecule has 0 heterocycles. The second-order valence-corrected chi connectivity index (χ2v) is 9.75. The van der Waals surface area contributed by atoms with Crippen molar-refractivity contribution in [2.75, 3.05) is 6.54 Å². The summed E-state index contributed by atoms with van der Waals surface area (Å²) in [5, 5.41) is 3.04. The summed E-state index contributed by atoms with van der Waals surface area (Å²) in [6.07, 6.45) is -1.27. The molecule has 3 aromatic carbocycles. The Morgan fingerprint density at radius 2 is 1.61 bits per heavy atom. The molecular weight excluding hydrogens is 463 g/mol. The summed E-state index contributed by atoms with van der Waals surface area (Å²) in [5.74, 6) is -0.421. The van der Waals surface area contributed by atoms with E-state index in [2.05, 4.69) is 5.32 Å². The van der Waals surface area contributed by atoms with E-state index in [1.54, 1.807) is 33.8 Å². The number of rotatable bonds is 7. The van der Waals surface area contributed by atoms with Crippen LogP contribution >= 0.6 is 0 Å². The quantitative estimate of drug-likeness (QED) is 0.268. The van der Waals surface area contributed by atoms with Gasteiger partial charge in [0.15, 0.2) is 0 Å². The number of nitrogens with one attached hydrogen (secondary N) is 1. The van der Waals surface area contributed by atoms with Crippen molar-refractivity contribution in [1.82, 2.24) is 5.32 Å². The Bertz CT molecular complexity index is 1230. The number of carbonyl (C=O) groups excluding carboxylic acids is 1. The SMILES string of the molecule is Cc1c(/C=C/c2cc(C(C)NCC(=O)OC(C)(C)C)ccc2C(F)(F)F)cccc1-c1ccccc1. The van der Waals surface area contributed by atoms with Crippen molar-refractivity contribution in [2.24, 2.45) is 0 Å². The molecule has 0 saturated carbocycles. The van der Waals surface area contributed by atoms with Crippen LogP contribution in [0, 0.1) is 6.92 Å². The molecule has 3 rings (SSSR count). The van der Waals surface area contributed by atoms with Gasteiger partial charge in [-0.15, -0.1) is 0 Å². The van der Waals surface area contributed by atoms with Gasteiger partial charge < -0.3 is 10.1 Å². The molecule has 0 aliphatic rings. The van der Waals surface area contributed by atoms with E-state index in [1.165, 1.54) is 18.2 Å². The molecule has 0 spiro atoms. The van der Waals surface area contributed by atoms with E-state index in [-0.39, 0.29) is 18.2 Å². The number of hydrogen-bond acceptors (Lipinski definition) is 3. The maximum Gasteiger partial charge on any atom is 0.416 e. The van der Waals surface area contributed by atoms with E-state index in [4.69, 9.17) is 4.74 Å². The van der Waals surface area contributed by atoms with Gasteiger partial charge in [0, 0.05) is 6.04 Å². The van der Waals surface area contributed by atoms with Crippen LogP contribution in [-0.2, 0) is 15.7 Å². The minimum atomic E-state index is -4.49. The molecule has 6 heteroatoms. The predicted molar refractivity (Wildman–Crippen MR) is 139 cm³/mol. The predicted octanol–water partition coefficient (Wildman–Crippen LogP) is 7.84. The number of esters is 1. The molecule has 0 fully saturated rings. The zero-order chi connectivity index (χ0) is 26.5. The van der Waals surface area contributed by atoms with Gasteiger partial charge in [-0.1, -0.05) is 66.7 Å². The van der Waals surface area contributed by atoms with Crippen LogP contribution in [0.2, 0.25) is 0 Å². The van der Waals surface area contributed by atoms with Crippen LogP contribution in [0.25, 0.3) is 23.3 Å². The van der Waals surface area contributed by atoms with E-state index >= 15 is 0 Å². The van der Waals surface area contributed by atoms with Gasteiger partial charge in [0.05, 0.1) is 12.1 Å². The van der Waals surface area contributed by atoms with Gasteiger partial charge in [-0.2, -0.15) is 13.2 Å². The minimum Gasteiger partial charge on any atom is -0.459 e. The number of alkyl halides is 3. The van der Waals surface area contributed by atoms with Gasteiger partial charge >= 0.3 is 12.1 Å². The van der Waals surface area contributed by atoms with E-state index in [0.717, 1.165) is 28.3 Å². The lowest BCUT2D eigenvalue weighted by Crippen LogP contribution is -2.32. The Hall–Kier alpha value is -3.38. The van der Waals surface area contributed by atoms with Crippen molar-refractivity contribution in [1.29, 1.82) is 0 Å². The Labute approximate surface area is 211 Å². The smallest absolute Gasteiger partial charge is 0.416 e. The fourth-order valence-electron chi connectivity index (χ4n) is 3.92. The summed E-state index contributed by atoms with van der Waals surface area (Å²) in [5.41, 5.74) is 3.29. The average Bonchev–Trinajstić information content (AvgIpc) is 2.80. The molecule has 1 unspecified atom stereocenters. The largest absolute Gasteiger partial charge is 0.459 e. The van der Waals surface area contributed by atoms with Gasteiger partial charge in [0.25, 0.3) is 0 Å². The Morgan fingerprint density at radius 1 is 0.944 bits per heavy atom. The Morgan fingerprint density at radius 3 is 2.25 bits per heavy atom. The second kappa shape index (κ2) is 11.1. The molecule has 36 heavy (non-hydrogen) atoms. The highest BCUT2D eigenvalue weighted by atomic mass is 19.4. The zero-order valence-electron chi connectivity index (χ0n) is 21.2. The molecule has 3 nitrogen and oxygen atoms in total. The summed E-state index contributed by atoms with van der Waals surface area (Å²) in [6.45, 7) is 9.05. The van der Waals surface area contributed by atoms with Crippen LogP contribution in [0.3, 0.4) is 0 Å². The van der Waals surface area contributed by atoms with E-state index in [9.17, 15) is 18.0 Å². The fraction of sp³-hybridized carbons (Fsp3) is 0.300. The first-order valence-corrected chi connectivity index (χ1v) is 11.8. The Balaban J connectivity index is 1.88. The van der Waals surface area contributed by atoms with Gasteiger partial charge in [-0.25, -0.2) is 0 Å². The molecule has 3 aromatic rings. The molecule has 0 bridgehead atoms. The number of ether oxygens (including phenoxy) is 1. The lowest BCUT2D eigenvalue weighted by Gasteiger charge is -2.21. The summed E-state index contributed by atoms with van der Waals surface area (Å²) < 4.78 is 46.6. The summed E-state index contributed by atoms with van der Waals surface area (Å²) in [7, 11) is 0. The molecule has 0 radical (unpaired) electrons. The molecule has 190 valence electrons. The maximum absolute atomic E-state index is 13.8. The lowest BCUT2D eigenvalue weighted by atomic mass is 9.95. The van der Waals surface area contributed by atoms with Crippen molar-refractivity contribution in [2.45, 2.75) is 52.4 Å². The molecule has 0 amide bonds. The highest BCUT2D eigenvalue weighted by molar-refractivity contribution is 5.78. The van der Waals surface area contributed by atoms with Gasteiger partial charge in [0.1, 0.15) is 5.60 Å². The van der Waals surface area contributed by atoms with Crippen molar-refractivity contribution in [3.05, 3.63) is 94.5 Å². The molecular formula is C30H32F3NO2. The third-order valence-electron chi connectivity index (χ3n) is 5.76. The summed E-state index contributed by atoms with van der Waals surface area (Å²) in [6, 6.07) is 19.4. The van der Waals surface area contributed by atoms with Gasteiger partial charge in [-0.3, -0.25) is 4.79 Å². The van der Waals surface area contributed by atoms with Crippen LogP contribution in [-0.4, -0.2) is 18.1 Å². The van der Waals surface area contributed by atoms with Gasteiger partial charge in [-0.05, 0) is 80.1 Å². The van der Waals surface area contributed by atoms with Crippen molar-refractivity contribution in [3.8, 4) is 11.1 Å².